The summed E-state index contributed by atoms with van der Waals surface area (Å²) in [5.74, 6) is 1.22. The van der Waals surface area contributed by atoms with Gasteiger partial charge in [-0.2, -0.15) is 0 Å². The highest BCUT2D eigenvalue weighted by Gasteiger charge is 2.27. The molecule has 208 valence electrons. The van der Waals surface area contributed by atoms with Crippen molar-refractivity contribution in [2.24, 2.45) is 7.05 Å². The molecule has 6 rings (SSSR count). The lowest BCUT2D eigenvalue weighted by atomic mass is 10.1. The quantitative estimate of drug-likeness (QED) is 0.303. The number of hydrogen-bond acceptors (Lipinski definition) is 9. The van der Waals surface area contributed by atoms with Crippen LogP contribution in [-0.2, 0) is 11.8 Å². The Kier molecular flexibility index (Phi) is 6.66. The molecule has 2 aromatic carbocycles. The van der Waals surface area contributed by atoms with E-state index in [1.807, 2.05) is 41.6 Å². The van der Waals surface area contributed by atoms with Crippen LogP contribution in [-0.4, -0.2) is 66.0 Å². The minimum atomic E-state index is -0.473. The Bertz CT molecular complexity index is 1800. The molecule has 5 aromatic rings. The number of nitrogens with one attached hydrogen (secondary N) is 1. The van der Waals surface area contributed by atoms with Crippen molar-refractivity contribution in [3.63, 3.8) is 0 Å². The van der Waals surface area contributed by atoms with Crippen molar-refractivity contribution in [1.82, 2.24) is 34.4 Å². The molecule has 0 radical (unpaired) electrons. The van der Waals surface area contributed by atoms with Crippen molar-refractivity contribution < 1.29 is 13.9 Å². The van der Waals surface area contributed by atoms with Crippen LogP contribution in [0.15, 0.2) is 61.8 Å². The lowest BCUT2D eigenvalue weighted by Gasteiger charge is -2.39. The van der Waals surface area contributed by atoms with Gasteiger partial charge in [-0.3, -0.25) is 4.79 Å². The van der Waals surface area contributed by atoms with E-state index in [-0.39, 0.29) is 17.6 Å². The van der Waals surface area contributed by atoms with Gasteiger partial charge in [0.15, 0.2) is 11.6 Å². The second-order valence-corrected chi connectivity index (χ2v) is 9.94. The molecular formula is C29H28FN9O2. The fourth-order valence-electron chi connectivity index (χ4n) is 4.98. The van der Waals surface area contributed by atoms with E-state index in [1.54, 1.807) is 36.5 Å². The summed E-state index contributed by atoms with van der Waals surface area (Å²) in [6, 6.07) is 8.83. The van der Waals surface area contributed by atoms with Crippen LogP contribution in [0.25, 0.3) is 22.1 Å². The number of rotatable bonds is 6. The maximum absolute atomic E-state index is 15.6. The van der Waals surface area contributed by atoms with Crippen molar-refractivity contribution in [1.29, 1.82) is 0 Å². The lowest BCUT2D eigenvalue weighted by Crippen LogP contribution is -2.54. The van der Waals surface area contributed by atoms with E-state index in [2.05, 4.69) is 31.8 Å². The molecule has 1 aliphatic rings. The molecule has 12 heteroatoms. The second-order valence-electron chi connectivity index (χ2n) is 9.94. The fraction of sp³-hybridized carbons (Fsp3) is 0.241. The van der Waals surface area contributed by atoms with Gasteiger partial charge in [-0.05, 0) is 44.2 Å². The number of aryl methyl sites for hydroxylation is 1. The highest BCUT2D eigenvalue weighted by Crippen LogP contribution is 2.33. The Morgan fingerprint density at radius 1 is 1.15 bits per heavy atom. The standard InChI is InChI=1S/C29H28FN9O2/c1-5-25(40)39-11-10-38(14-17(39)2)29-31-13-22-27(36-29)28(33-15-32-22)35-20-7-9-24(18(3)26(20)30)41-19-6-8-23-21(12-19)34-16-37(23)4/h5-9,12-13,15-17H,1,10-11,14H2,2-4H3,(H,32,33,35)/t17-/m1/s1. The Labute approximate surface area is 235 Å². The summed E-state index contributed by atoms with van der Waals surface area (Å²) in [6.07, 6.45) is 6.06. The molecule has 3 aromatic heterocycles. The number of ether oxygens (including phenoxy) is 1. The van der Waals surface area contributed by atoms with Gasteiger partial charge in [-0.15, -0.1) is 0 Å². The molecule has 11 nitrogen and oxygen atoms in total. The molecule has 1 N–H and O–H groups in total. The predicted molar refractivity (Wildman–Crippen MR) is 154 cm³/mol. The SMILES string of the molecule is C=CC(=O)N1CCN(c2ncc3ncnc(Nc4ccc(Oc5ccc6c(c5)ncn6C)c(C)c4F)c3n2)C[C@H]1C. The third-order valence-electron chi connectivity index (χ3n) is 7.25. The van der Waals surface area contributed by atoms with Crippen LogP contribution in [0.5, 0.6) is 11.5 Å². The molecule has 0 spiro atoms. The van der Waals surface area contributed by atoms with Gasteiger partial charge in [0, 0.05) is 44.4 Å². The zero-order valence-corrected chi connectivity index (χ0v) is 22.9. The molecule has 1 amide bonds. The summed E-state index contributed by atoms with van der Waals surface area (Å²) in [5, 5.41) is 3.08. The van der Waals surface area contributed by atoms with Gasteiger partial charge >= 0.3 is 0 Å². The number of anilines is 3. The van der Waals surface area contributed by atoms with Gasteiger partial charge in [-0.1, -0.05) is 6.58 Å². The van der Waals surface area contributed by atoms with E-state index < -0.39 is 5.82 Å². The first-order valence-corrected chi connectivity index (χ1v) is 13.1. The largest absolute Gasteiger partial charge is 0.457 e. The average molecular weight is 554 g/mol. The highest BCUT2D eigenvalue weighted by molar-refractivity contribution is 5.88. The first-order valence-electron chi connectivity index (χ1n) is 13.1. The molecule has 0 unspecified atom stereocenters. The molecule has 0 saturated carbocycles. The predicted octanol–water partition coefficient (Wildman–Crippen LogP) is 4.51. The molecule has 1 aliphatic heterocycles. The number of nitrogens with zero attached hydrogens (tertiary/aromatic N) is 8. The van der Waals surface area contributed by atoms with E-state index in [1.165, 1.54) is 12.4 Å². The van der Waals surface area contributed by atoms with Crippen LogP contribution in [0.1, 0.15) is 12.5 Å². The summed E-state index contributed by atoms with van der Waals surface area (Å²) in [7, 11) is 1.92. The number of imidazole rings is 1. The Hall–Kier alpha value is -5.13. The van der Waals surface area contributed by atoms with Gasteiger partial charge in [0.05, 0.1) is 29.2 Å². The third kappa shape index (κ3) is 4.88. The summed E-state index contributed by atoms with van der Waals surface area (Å²) in [5.41, 5.74) is 3.30. The number of piperazine rings is 1. The molecule has 4 heterocycles. The lowest BCUT2D eigenvalue weighted by molar-refractivity contribution is -0.128. The molecule has 1 fully saturated rings. The monoisotopic (exact) mass is 553 g/mol. The van der Waals surface area contributed by atoms with Crippen LogP contribution >= 0.6 is 0 Å². The Morgan fingerprint density at radius 2 is 2.00 bits per heavy atom. The first kappa shape index (κ1) is 26.1. The van der Waals surface area contributed by atoms with Gasteiger partial charge in [0.1, 0.15) is 28.9 Å². The maximum Gasteiger partial charge on any atom is 0.246 e. The summed E-state index contributed by atoms with van der Waals surface area (Å²) in [6.45, 7) is 8.86. The summed E-state index contributed by atoms with van der Waals surface area (Å²) < 4.78 is 23.5. The topological polar surface area (TPSA) is 114 Å². The van der Waals surface area contributed by atoms with E-state index in [9.17, 15) is 4.79 Å². The van der Waals surface area contributed by atoms with E-state index >= 15 is 4.39 Å². The molecule has 0 aliphatic carbocycles. The van der Waals surface area contributed by atoms with E-state index in [0.29, 0.717) is 59.5 Å². The summed E-state index contributed by atoms with van der Waals surface area (Å²) >= 11 is 0. The number of benzene rings is 2. The fourth-order valence-corrected chi connectivity index (χ4v) is 4.98. The number of aromatic nitrogens is 6. The van der Waals surface area contributed by atoms with Crippen LogP contribution in [0, 0.1) is 12.7 Å². The molecule has 0 bridgehead atoms. The van der Waals surface area contributed by atoms with Crippen LogP contribution < -0.4 is 15.0 Å². The van der Waals surface area contributed by atoms with Gasteiger partial charge in [0.25, 0.3) is 0 Å². The molecule has 1 atom stereocenters. The zero-order chi connectivity index (χ0) is 28.7. The van der Waals surface area contributed by atoms with Crippen LogP contribution in [0.2, 0.25) is 0 Å². The molecule has 41 heavy (non-hydrogen) atoms. The normalized spacial score (nSPS) is 15.4. The minimum absolute atomic E-state index is 0.0400. The van der Waals surface area contributed by atoms with Gasteiger partial charge < -0.3 is 24.4 Å². The van der Waals surface area contributed by atoms with Crippen LogP contribution in [0.4, 0.5) is 21.8 Å². The smallest absolute Gasteiger partial charge is 0.246 e. The number of carbonyl (C=O) groups excluding carboxylic acids is 1. The third-order valence-corrected chi connectivity index (χ3v) is 7.25. The van der Waals surface area contributed by atoms with E-state index in [4.69, 9.17) is 9.72 Å². The van der Waals surface area contributed by atoms with Crippen molar-refractivity contribution in [2.75, 3.05) is 29.9 Å². The molecular weight excluding hydrogens is 525 g/mol. The average Bonchev–Trinajstić information content (AvgIpc) is 3.36. The van der Waals surface area contributed by atoms with E-state index in [0.717, 1.165) is 11.0 Å². The Balaban J connectivity index is 1.25. The number of fused-ring (bicyclic) bond motifs is 2. The van der Waals surface area contributed by atoms with Crippen molar-refractivity contribution in [3.8, 4) is 11.5 Å². The molecule has 1 saturated heterocycles. The Morgan fingerprint density at radius 3 is 2.80 bits per heavy atom. The second kappa shape index (κ2) is 10.5. The number of hydrogen-bond donors (Lipinski definition) is 1. The maximum atomic E-state index is 15.6. The van der Waals surface area contributed by atoms with Crippen molar-refractivity contribution in [2.45, 2.75) is 19.9 Å². The highest BCUT2D eigenvalue weighted by atomic mass is 19.1. The first-order chi connectivity index (χ1) is 19.8. The summed E-state index contributed by atoms with van der Waals surface area (Å²) in [4.78, 5) is 38.1. The van der Waals surface area contributed by atoms with Crippen molar-refractivity contribution >= 4 is 45.4 Å². The zero-order valence-electron chi connectivity index (χ0n) is 22.9. The van der Waals surface area contributed by atoms with Gasteiger partial charge in [-0.25, -0.2) is 29.3 Å². The van der Waals surface area contributed by atoms with Crippen molar-refractivity contribution in [3.05, 3.63) is 73.2 Å². The minimum Gasteiger partial charge on any atom is -0.457 e. The van der Waals surface area contributed by atoms with Crippen LogP contribution in [0.3, 0.4) is 0 Å². The number of carbonyl (C=O) groups is 1. The van der Waals surface area contributed by atoms with Gasteiger partial charge in [0.2, 0.25) is 11.9 Å². The number of halogens is 1. The number of amides is 1.